The molecule has 0 N–H and O–H groups in total. The number of benzene rings is 1. The zero-order valence-electron chi connectivity index (χ0n) is 11.7. The molecule has 0 atom stereocenters. The second kappa shape index (κ2) is 4.08. The lowest BCUT2D eigenvalue weighted by atomic mass is 9.68. The van der Waals surface area contributed by atoms with Crippen LogP contribution < -0.4 is 0 Å². The first-order valence-corrected chi connectivity index (χ1v) is 7.25. The van der Waals surface area contributed by atoms with E-state index in [0.717, 1.165) is 17.4 Å². The Bertz CT molecular complexity index is 445. The van der Waals surface area contributed by atoms with Crippen molar-refractivity contribution >= 4 is 0 Å². The van der Waals surface area contributed by atoms with Crippen molar-refractivity contribution in [3.05, 3.63) is 35.1 Å². The molecule has 98 valence electrons. The minimum Gasteiger partial charge on any atom is -0.207 e. The predicted molar refractivity (Wildman–Crippen MR) is 73.3 cm³/mol. The van der Waals surface area contributed by atoms with Crippen LogP contribution in [0.4, 0.5) is 4.39 Å². The van der Waals surface area contributed by atoms with Crippen LogP contribution in [0.2, 0.25) is 0 Å². The Balaban J connectivity index is 1.79. The second-order valence-corrected chi connectivity index (χ2v) is 7.25. The Morgan fingerprint density at radius 1 is 1.06 bits per heavy atom. The van der Waals surface area contributed by atoms with Crippen molar-refractivity contribution in [3.8, 4) is 0 Å². The van der Waals surface area contributed by atoms with Gasteiger partial charge < -0.3 is 0 Å². The minimum atomic E-state index is 0.00208. The van der Waals surface area contributed by atoms with E-state index >= 15 is 0 Å². The zero-order chi connectivity index (χ0) is 12.9. The van der Waals surface area contributed by atoms with Gasteiger partial charge in [0.25, 0.3) is 0 Å². The monoisotopic (exact) mass is 246 g/mol. The fourth-order valence-electron chi connectivity index (χ4n) is 3.19. The van der Waals surface area contributed by atoms with E-state index in [2.05, 4.69) is 26.8 Å². The van der Waals surface area contributed by atoms with Crippen LogP contribution in [0, 0.1) is 17.7 Å². The van der Waals surface area contributed by atoms with E-state index in [1.807, 2.05) is 6.07 Å². The number of halogens is 1. The molecule has 0 nitrogen and oxygen atoms in total. The van der Waals surface area contributed by atoms with E-state index in [1.165, 1.54) is 31.2 Å². The number of rotatable bonds is 2. The maximum Gasteiger partial charge on any atom is 0.126 e. The fraction of sp³-hybridized carbons (Fsp3) is 0.647. The van der Waals surface area contributed by atoms with Gasteiger partial charge >= 0.3 is 0 Å². The maximum atomic E-state index is 14.0. The molecule has 0 spiro atoms. The molecule has 0 saturated heterocycles. The molecule has 1 heteroatoms. The van der Waals surface area contributed by atoms with Gasteiger partial charge in [0.15, 0.2) is 0 Å². The van der Waals surface area contributed by atoms with E-state index in [1.54, 1.807) is 6.07 Å². The molecule has 1 aromatic carbocycles. The molecule has 2 saturated carbocycles. The first-order valence-electron chi connectivity index (χ1n) is 7.25. The van der Waals surface area contributed by atoms with Gasteiger partial charge in [0.1, 0.15) is 5.82 Å². The minimum absolute atomic E-state index is 0.00208. The largest absolute Gasteiger partial charge is 0.207 e. The molecule has 0 amide bonds. The van der Waals surface area contributed by atoms with E-state index in [0.29, 0.717) is 5.92 Å². The Hall–Kier alpha value is -0.850. The van der Waals surface area contributed by atoms with Crippen LogP contribution in [0.15, 0.2) is 18.2 Å². The van der Waals surface area contributed by atoms with Crippen LogP contribution in [-0.4, -0.2) is 0 Å². The summed E-state index contributed by atoms with van der Waals surface area (Å²) in [6.07, 6.45) is 5.27. The highest BCUT2D eigenvalue weighted by atomic mass is 19.1. The molecule has 0 bridgehead atoms. The molecule has 0 unspecified atom stereocenters. The Morgan fingerprint density at radius 3 is 2.28 bits per heavy atom. The lowest BCUT2D eigenvalue weighted by Gasteiger charge is -2.36. The summed E-state index contributed by atoms with van der Waals surface area (Å²) >= 11 is 0. The summed E-state index contributed by atoms with van der Waals surface area (Å²) < 4.78 is 14.0. The summed E-state index contributed by atoms with van der Waals surface area (Å²) in [5, 5.41) is 0. The fourth-order valence-corrected chi connectivity index (χ4v) is 3.19. The quantitative estimate of drug-likeness (QED) is 0.686. The summed E-state index contributed by atoms with van der Waals surface area (Å²) in [6.45, 7) is 6.58. The standard InChI is InChI=1S/C17H23F/c1-17(2,3)14-6-7-16(18)15(10-14)13-8-12(9-13)11-4-5-11/h6-7,10-13H,4-5,8-9H2,1-3H3. The van der Waals surface area contributed by atoms with Crippen molar-refractivity contribution in [1.29, 1.82) is 0 Å². The van der Waals surface area contributed by atoms with Crippen molar-refractivity contribution in [2.75, 3.05) is 0 Å². The van der Waals surface area contributed by atoms with Gasteiger partial charge in [0.05, 0.1) is 0 Å². The van der Waals surface area contributed by atoms with Gasteiger partial charge in [-0.05, 0) is 66.0 Å². The molecule has 0 heterocycles. The predicted octanol–water partition coefficient (Wildman–Crippen LogP) is 5.03. The third kappa shape index (κ3) is 2.20. The van der Waals surface area contributed by atoms with E-state index in [-0.39, 0.29) is 11.2 Å². The van der Waals surface area contributed by atoms with Gasteiger partial charge in [0.2, 0.25) is 0 Å². The van der Waals surface area contributed by atoms with Crippen molar-refractivity contribution < 1.29 is 4.39 Å². The summed E-state index contributed by atoms with van der Waals surface area (Å²) in [4.78, 5) is 0. The van der Waals surface area contributed by atoms with Crippen molar-refractivity contribution in [2.24, 2.45) is 11.8 Å². The third-order valence-electron chi connectivity index (χ3n) is 4.77. The van der Waals surface area contributed by atoms with E-state index in [4.69, 9.17) is 0 Å². The maximum absolute atomic E-state index is 14.0. The van der Waals surface area contributed by atoms with Gasteiger partial charge in [-0.3, -0.25) is 0 Å². The molecule has 3 rings (SSSR count). The second-order valence-electron chi connectivity index (χ2n) is 7.25. The van der Waals surface area contributed by atoms with Crippen LogP contribution in [0.25, 0.3) is 0 Å². The molecule has 2 aliphatic rings. The molecular formula is C17H23F. The van der Waals surface area contributed by atoms with E-state index < -0.39 is 0 Å². The molecule has 0 aromatic heterocycles. The average Bonchev–Trinajstić information content (AvgIpc) is 3.00. The van der Waals surface area contributed by atoms with Gasteiger partial charge in [-0.1, -0.05) is 32.9 Å². The van der Waals surface area contributed by atoms with Crippen LogP contribution in [0.1, 0.15) is 63.5 Å². The molecule has 2 fully saturated rings. The molecule has 2 aliphatic carbocycles. The van der Waals surface area contributed by atoms with Gasteiger partial charge in [0, 0.05) is 0 Å². The van der Waals surface area contributed by atoms with Gasteiger partial charge in [-0.2, -0.15) is 0 Å². The van der Waals surface area contributed by atoms with E-state index in [9.17, 15) is 4.39 Å². The van der Waals surface area contributed by atoms with Crippen LogP contribution in [0.5, 0.6) is 0 Å². The highest BCUT2D eigenvalue weighted by Crippen LogP contribution is 2.53. The molecule has 18 heavy (non-hydrogen) atoms. The van der Waals surface area contributed by atoms with Crippen LogP contribution >= 0.6 is 0 Å². The SMILES string of the molecule is CC(C)(C)c1ccc(F)c(C2CC(C3CC3)C2)c1. The lowest BCUT2D eigenvalue weighted by molar-refractivity contribution is 0.227. The summed E-state index contributed by atoms with van der Waals surface area (Å²) in [5.41, 5.74) is 2.34. The van der Waals surface area contributed by atoms with Gasteiger partial charge in [-0.15, -0.1) is 0 Å². The Labute approximate surface area is 110 Å². The van der Waals surface area contributed by atoms with Crippen LogP contribution in [0.3, 0.4) is 0 Å². The summed E-state index contributed by atoms with van der Waals surface area (Å²) in [7, 11) is 0. The number of hydrogen-bond donors (Lipinski definition) is 0. The molecule has 0 radical (unpaired) electrons. The Kier molecular flexibility index (Phi) is 2.76. The lowest BCUT2D eigenvalue weighted by Crippen LogP contribution is -2.25. The Morgan fingerprint density at radius 2 is 1.72 bits per heavy atom. The zero-order valence-corrected chi connectivity index (χ0v) is 11.7. The first-order chi connectivity index (χ1) is 8.45. The molecule has 0 aliphatic heterocycles. The molecule has 1 aromatic rings. The topological polar surface area (TPSA) is 0 Å². The van der Waals surface area contributed by atoms with Crippen molar-refractivity contribution in [2.45, 2.75) is 57.8 Å². The number of hydrogen-bond acceptors (Lipinski definition) is 0. The highest BCUT2D eigenvalue weighted by Gasteiger charge is 2.41. The first kappa shape index (κ1) is 12.2. The van der Waals surface area contributed by atoms with Crippen LogP contribution in [-0.2, 0) is 5.41 Å². The van der Waals surface area contributed by atoms with Crippen molar-refractivity contribution in [1.82, 2.24) is 0 Å². The smallest absolute Gasteiger partial charge is 0.126 e. The molecular weight excluding hydrogens is 223 g/mol. The summed E-state index contributed by atoms with van der Waals surface area (Å²) in [5.74, 6) is 2.36. The third-order valence-corrected chi connectivity index (χ3v) is 4.77. The van der Waals surface area contributed by atoms with Crippen molar-refractivity contribution in [3.63, 3.8) is 0 Å². The van der Waals surface area contributed by atoms with Gasteiger partial charge in [-0.25, -0.2) is 4.39 Å². The average molecular weight is 246 g/mol. The normalized spacial score (nSPS) is 28.0. The highest BCUT2D eigenvalue weighted by molar-refractivity contribution is 5.33. The summed E-state index contributed by atoms with van der Waals surface area (Å²) in [6, 6.07) is 5.72.